The number of halogens is 1. The molecule has 0 unspecified atom stereocenters. The summed E-state index contributed by atoms with van der Waals surface area (Å²) >= 11 is 5.76. The standard InChI is InChI=1S/C9H14ClN3O2S/c10-5-8-1-3-13(4-2-8)16(14,15)9-6-11-12-7-9/h6-8H,1-5H2,(H,11,12). The fourth-order valence-electron chi connectivity index (χ4n) is 1.83. The molecule has 2 heterocycles. The van der Waals surface area contributed by atoms with Crippen molar-refractivity contribution in [2.45, 2.75) is 17.7 Å². The molecule has 0 aromatic carbocycles. The Bertz CT molecular complexity index is 424. The molecule has 0 atom stereocenters. The Morgan fingerprint density at radius 1 is 1.50 bits per heavy atom. The molecule has 0 amide bonds. The van der Waals surface area contributed by atoms with Crippen molar-refractivity contribution in [3.8, 4) is 0 Å². The lowest BCUT2D eigenvalue weighted by Gasteiger charge is -2.29. The number of aromatic nitrogens is 2. The lowest BCUT2D eigenvalue weighted by Crippen LogP contribution is -2.38. The number of nitrogens with zero attached hydrogens (tertiary/aromatic N) is 2. The van der Waals surface area contributed by atoms with Crippen LogP contribution in [0.5, 0.6) is 0 Å². The van der Waals surface area contributed by atoms with Crippen LogP contribution in [0.25, 0.3) is 0 Å². The molecule has 2 rings (SSSR count). The van der Waals surface area contributed by atoms with Crippen LogP contribution in [-0.4, -0.2) is 41.9 Å². The van der Waals surface area contributed by atoms with Gasteiger partial charge in [0.1, 0.15) is 4.90 Å². The van der Waals surface area contributed by atoms with E-state index in [0.717, 1.165) is 12.8 Å². The summed E-state index contributed by atoms with van der Waals surface area (Å²) < 4.78 is 25.7. The highest BCUT2D eigenvalue weighted by molar-refractivity contribution is 7.89. The fraction of sp³-hybridized carbons (Fsp3) is 0.667. The summed E-state index contributed by atoms with van der Waals surface area (Å²) in [6, 6.07) is 0. The molecule has 0 saturated carbocycles. The van der Waals surface area contributed by atoms with Gasteiger partial charge in [-0.1, -0.05) is 0 Å². The van der Waals surface area contributed by atoms with Crippen molar-refractivity contribution in [3.63, 3.8) is 0 Å². The molecule has 16 heavy (non-hydrogen) atoms. The van der Waals surface area contributed by atoms with Gasteiger partial charge in [0.15, 0.2) is 0 Å². The summed E-state index contributed by atoms with van der Waals surface area (Å²) in [6.45, 7) is 1.09. The second-order valence-corrected chi connectivity index (χ2v) is 6.18. The monoisotopic (exact) mass is 263 g/mol. The minimum absolute atomic E-state index is 0.233. The molecule has 0 spiro atoms. The Balaban J connectivity index is 2.09. The average molecular weight is 264 g/mol. The van der Waals surface area contributed by atoms with Crippen LogP contribution in [0, 0.1) is 5.92 Å². The van der Waals surface area contributed by atoms with Crippen molar-refractivity contribution in [1.82, 2.24) is 14.5 Å². The van der Waals surface area contributed by atoms with Gasteiger partial charge in [-0.15, -0.1) is 11.6 Å². The summed E-state index contributed by atoms with van der Waals surface area (Å²) in [7, 11) is -3.35. The first-order valence-corrected chi connectivity index (χ1v) is 7.17. The second kappa shape index (κ2) is 4.73. The quantitative estimate of drug-likeness (QED) is 0.829. The molecule has 1 fully saturated rings. The van der Waals surface area contributed by atoms with E-state index in [1.54, 1.807) is 0 Å². The number of hydrogen-bond donors (Lipinski definition) is 1. The highest BCUT2D eigenvalue weighted by atomic mass is 35.5. The van der Waals surface area contributed by atoms with Crippen LogP contribution in [0.3, 0.4) is 0 Å². The number of alkyl halides is 1. The van der Waals surface area contributed by atoms with Crippen molar-refractivity contribution in [2.24, 2.45) is 5.92 Å². The molecule has 1 aromatic heterocycles. The Kier molecular flexibility index (Phi) is 3.51. The van der Waals surface area contributed by atoms with Crippen LogP contribution in [0.15, 0.2) is 17.3 Å². The fourth-order valence-corrected chi connectivity index (χ4v) is 3.52. The molecule has 0 radical (unpaired) electrons. The SMILES string of the molecule is O=S(=O)(c1cn[nH]c1)N1CCC(CCl)CC1. The van der Waals surface area contributed by atoms with Gasteiger partial charge in [-0.25, -0.2) is 8.42 Å². The van der Waals surface area contributed by atoms with Gasteiger partial charge in [-0.05, 0) is 18.8 Å². The largest absolute Gasteiger partial charge is 0.284 e. The Morgan fingerprint density at radius 2 is 2.19 bits per heavy atom. The third-order valence-corrected chi connectivity index (χ3v) is 5.20. The molecule has 1 aromatic rings. The van der Waals surface area contributed by atoms with Crippen LogP contribution in [-0.2, 0) is 10.0 Å². The van der Waals surface area contributed by atoms with Gasteiger partial charge >= 0.3 is 0 Å². The minimum atomic E-state index is -3.35. The molecule has 1 saturated heterocycles. The van der Waals surface area contributed by atoms with Crippen LogP contribution in [0.2, 0.25) is 0 Å². The summed E-state index contributed by atoms with van der Waals surface area (Å²) in [5, 5.41) is 6.18. The molecule has 1 aliphatic heterocycles. The predicted molar refractivity (Wildman–Crippen MR) is 60.8 cm³/mol. The maximum absolute atomic E-state index is 12.1. The van der Waals surface area contributed by atoms with Gasteiger partial charge in [0.25, 0.3) is 0 Å². The molecule has 1 aliphatic rings. The van der Waals surface area contributed by atoms with E-state index in [9.17, 15) is 8.42 Å². The molecule has 90 valence electrons. The lowest BCUT2D eigenvalue weighted by molar-refractivity contribution is 0.290. The van der Waals surface area contributed by atoms with Crippen LogP contribution >= 0.6 is 11.6 Å². The van der Waals surface area contributed by atoms with Crippen LogP contribution in [0.4, 0.5) is 0 Å². The first-order valence-electron chi connectivity index (χ1n) is 5.19. The normalized spacial score (nSPS) is 20.1. The van der Waals surface area contributed by atoms with Gasteiger partial charge < -0.3 is 0 Å². The zero-order valence-electron chi connectivity index (χ0n) is 8.76. The topological polar surface area (TPSA) is 66.1 Å². The highest BCUT2D eigenvalue weighted by Crippen LogP contribution is 2.23. The maximum atomic E-state index is 12.1. The van der Waals surface area contributed by atoms with E-state index < -0.39 is 10.0 Å². The maximum Gasteiger partial charge on any atom is 0.246 e. The average Bonchev–Trinajstić information content (AvgIpc) is 2.83. The number of nitrogens with one attached hydrogen (secondary N) is 1. The molecule has 0 bridgehead atoms. The minimum Gasteiger partial charge on any atom is -0.284 e. The Hall–Kier alpha value is -0.590. The highest BCUT2D eigenvalue weighted by Gasteiger charge is 2.29. The number of sulfonamides is 1. The first kappa shape index (κ1) is 11.9. The number of H-pyrrole nitrogens is 1. The lowest BCUT2D eigenvalue weighted by atomic mass is 10.0. The van der Waals surface area contributed by atoms with Gasteiger partial charge in [0, 0.05) is 25.2 Å². The van der Waals surface area contributed by atoms with E-state index in [-0.39, 0.29) is 4.90 Å². The van der Waals surface area contributed by atoms with E-state index in [1.807, 2.05) is 0 Å². The Morgan fingerprint density at radius 3 is 2.69 bits per heavy atom. The van der Waals surface area contributed by atoms with Crippen molar-refractivity contribution in [3.05, 3.63) is 12.4 Å². The van der Waals surface area contributed by atoms with E-state index in [2.05, 4.69) is 10.2 Å². The molecule has 0 aliphatic carbocycles. The van der Waals surface area contributed by atoms with Crippen LogP contribution < -0.4 is 0 Å². The second-order valence-electron chi connectivity index (χ2n) is 3.94. The Labute approximate surface area is 99.8 Å². The van der Waals surface area contributed by atoms with Gasteiger partial charge in [-0.2, -0.15) is 9.40 Å². The summed E-state index contributed by atoms with van der Waals surface area (Å²) in [6.07, 6.45) is 4.41. The first-order chi connectivity index (χ1) is 7.64. The summed E-state index contributed by atoms with van der Waals surface area (Å²) in [5.41, 5.74) is 0. The predicted octanol–water partition coefficient (Wildman–Crippen LogP) is 1.05. The van der Waals surface area contributed by atoms with E-state index in [1.165, 1.54) is 16.7 Å². The zero-order chi connectivity index (χ0) is 11.6. The molecule has 7 heteroatoms. The van der Waals surface area contributed by atoms with Crippen molar-refractivity contribution in [2.75, 3.05) is 19.0 Å². The number of rotatable bonds is 3. The van der Waals surface area contributed by atoms with Gasteiger partial charge in [-0.3, -0.25) is 5.10 Å². The zero-order valence-corrected chi connectivity index (χ0v) is 10.3. The smallest absolute Gasteiger partial charge is 0.246 e. The molecular weight excluding hydrogens is 250 g/mol. The third kappa shape index (κ3) is 2.23. The van der Waals surface area contributed by atoms with Crippen molar-refractivity contribution in [1.29, 1.82) is 0 Å². The third-order valence-electron chi connectivity index (χ3n) is 2.90. The number of hydrogen-bond acceptors (Lipinski definition) is 3. The van der Waals surface area contributed by atoms with E-state index >= 15 is 0 Å². The molecule has 5 nitrogen and oxygen atoms in total. The molecule has 1 N–H and O–H groups in total. The summed E-state index contributed by atoms with van der Waals surface area (Å²) in [5.74, 6) is 1.05. The molecular formula is C9H14ClN3O2S. The van der Waals surface area contributed by atoms with Crippen molar-refractivity contribution >= 4 is 21.6 Å². The number of piperidine rings is 1. The van der Waals surface area contributed by atoms with Crippen LogP contribution in [0.1, 0.15) is 12.8 Å². The van der Waals surface area contributed by atoms with Gasteiger partial charge in [0.05, 0.1) is 6.20 Å². The van der Waals surface area contributed by atoms with Gasteiger partial charge in [0.2, 0.25) is 10.0 Å². The van der Waals surface area contributed by atoms with E-state index in [4.69, 9.17) is 11.6 Å². The summed E-state index contributed by atoms with van der Waals surface area (Å²) in [4.78, 5) is 0.233. The van der Waals surface area contributed by atoms with Crippen molar-refractivity contribution < 1.29 is 8.42 Å². The number of aromatic amines is 1. The van der Waals surface area contributed by atoms with E-state index in [0.29, 0.717) is 24.9 Å².